The fraction of sp³-hybridized carbons (Fsp3) is 0.438. The average molecular weight is 364 g/mol. The number of nitrogens with one attached hydrogen (secondary N) is 2. The summed E-state index contributed by atoms with van der Waals surface area (Å²) in [4.78, 5) is 32.2. The predicted octanol–water partition coefficient (Wildman–Crippen LogP) is 2.35. The molecule has 1 fully saturated rings. The summed E-state index contributed by atoms with van der Waals surface area (Å²) >= 11 is 2.93. The minimum Gasteiger partial charge on any atom is -0.349 e. The van der Waals surface area contributed by atoms with Gasteiger partial charge in [-0.3, -0.25) is 14.5 Å². The van der Waals surface area contributed by atoms with Gasteiger partial charge < -0.3 is 10.6 Å². The molecule has 0 aromatic carbocycles. The first-order valence-corrected chi connectivity index (χ1v) is 9.59. The molecule has 2 amide bonds. The van der Waals surface area contributed by atoms with Crippen molar-refractivity contribution in [3.8, 4) is 0 Å². The van der Waals surface area contributed by atoms with Crippen LogP contribution in [0.15, 0.2) is 23.7 Å². The van der Waals surface area contributed by atoms with Crippen LogP contribution < -0.4 is 10.6 Å². The number of likely N-dealkylation sites (tertiary alicyclic amines) is 1. The average Bonchev–Trinajstić information content (AvgIpc) is 3.21. The highest BCUT2D eigenvalue weighted by Crippen LogP contribution is 2.17. The molecule has 6 nitrogen and oxygen atoms in total. The first kappa shape index (κ1) is 17.1. The number of rotatable bonds is 5. The molecule has 2 N–H and O–H groups in total. The zero-order valence-corrected chi connectivity index (χ0v) is 15.1. The van der Waals surface area contributed by atoms with E-state index in [0.717, 1.165) is 35.7 Å². The molecular weight excluding hydrogens is 344 g/mol. The molecule has 1 aliphatic heterocycles. The van der Waals surface area contributed by atoms with Gasteiger partial charge in [0.05, 0.1) is 11.4 Å². The lowest BCUT2D eigenvalue weighted by molar-refractivity contribution is -0.117. The molecule has 0 spiro atoms. The first-order valence-electron chi connectivity index (χ1n) is 7.89. The number of carbonyl (C=O) groups excluding carboxylic acids is 2. The third-order valence-electron chi connectivity index (χ3n) is 3.93. The van der Waals surface area contributed by atoms with Gasteiger partial charge in [0.1, 0.15) is 0 Å². The Hall–Kier alpha value is -1.77. The van der Waals surface area contributed by atoms with Gasteiger partial charge in [-0.2, -0.15) is 0 Å². The maximum absolute atomic E-state index is 12.2. The zero-order valence-electron chi connectivity index (χ0n) is 13.4. The van der Waals surface area contributed by atoms with E-state index in [1.54, 1.807) is 6.20 Å². The number of aryl methyl sites for hydroxylation is 1. The van der Waals surface area contributed by atoms with Gasteiger partial charge >= 0.3 is 0 Å². The van der Waals surface area contributed by atoms with Crippen LogP contribution in [0.2, 0.25) is 0 Å². The van der Waals surface area contributed by atoms with Crippen LogP contribution in [0.4, 0.5) is 5.13 Å². The number of aromatic nitrogens is 1. The Morgan fingerprint density at radius 2 is 2.12 bits per heavy atom. The summed E-state index contributed by atoms with van der Waals surface area (Å²) in [6.07, 6.45) is 3.39. The lowest BCUT2D eigenvalue weighted by Crippen LogP contribution is -2.46. The van der Waals surface area contributed by atoms with Gasteiger partial charge in [-0.25, -0.2) is 4.98 Å². The van der Waals surface area contributed by atoms with Crippen LogP contribution in [0, 0.1) is 6.92 Å². The van der Waals surface area contributed by atoms with Gasteiger partial charge in [0.2, 0.25) is 5.91 Å². The third-order valence-corrected chi connectivity index (χ3v) is 5.62. The lowest BCUT2D eigenvalue weighted by Gasteiger charge is -2.31. The Labute approximate surface area is 148 Å². The van der Waals surface area contributed by atoms with Crippen LogP contribution in [-0.4, -0.2) is 47.4 Å². The van der Waals surface area contributed by atoms with Crippen molar-refractivity contribution in [2.75, 3.05) is 25.0 Å². The Morgan fingerprint density at radius 3 is 2.75 bits per heavy atom. The predicted molar refractivity (Wildman–Crippen MR) is 96.7 cm³/mol. The minimum atomic E-state index is -0.0403. The van der Waals surface area contributed by atoms with Crippen LogP contribution in [0.3, 0.4) is 0 Å². The van der Waals surface area contributed by atoms with Gasteiger partial charge in [0, 0.05) is 35.6 Å². The van der Waals surface area contributed by atoms with E-state index in [1.807, 2.05) is 24.4 Å². The van der Waals surface area contributed by atoms with Crippen LogP contribution >= 0.6 is 22.7 Å². The Bertz CT molecular complexity index is 691. The summed E-state index contributed by atoms with van der Waals surface area (Å²) < 4.78 is 0. The molecule has 128 valence electrons. The number of nitrogens with zero attached hydrogens (tertiary/aromatic N) is 2. The van der Waals surface area contributed by atoms with Crippen molar-refractivity contribution in [1.82, 2.24) is 15.2 Å². The maximum atomic E-state index is 12.2. The fourth-order valence-corrected chi connectivity index (χ4v) is 4.01. The molecule has 1 saturated heterocycles. The third kappa shape index (κ3) is 4.62. The standard InChI is InChI=1S/C16H20N4O2S2/c1-11-2-3-13(24-11)15(22)18-12-4-7-20(8-5-12)10-14(21)19-16-17-6-9-23-16/h2-3,6,9,12H,4-5,7-8,10H2,1H3,(H,18,22)(H,17,19,21). The van der Waals surface area contributed by atoms with E-state index in [1.165, 1.54) is 22.7 Å². The van der Waals surface area contributed by atoms with Gasteiger partial charge in [-0.05, 0) is 31.9 Å². The fourth-order valence-electron chi connectivity index (χ4n) is 2.70. The SMILES string of the molecule is Cc1ccc(C(=O)NC2CCN(CC(=O)Nc3nccs3)CC2)s1. The summed E-state index contributed by atoms with van der Waals surface area (Å²) in [5.74, 6) is -0.0328. The monoisotopic (exact) mass is 364 g/mol. The van der Waals surface area contributed by atoms with Crippen LogP contribution in [-0.2, 0) is 4.79 Å². The Kier molecular flexibility index (Phi) is 5.60. The van der Waals surface area contributed by atoms with Gasteiger partial charge in [-0.1, -0.05) is 0 Å². The number of amides is 2. The van der Waals surface area contributed by atoms with E-state index < -0.39 is 0 Å². The van der Waals surface area contributed by atoms with Crippen molar-refractivity contribution in [3.63, 3.8) is 0 Å². The van der Waals surface area contributed by atoms with Crippen LogP contribution in [0.5, 0.6) is 0 Å². The number of thiophene rings is 1. The summed E-state index contributed by atoms with van der Waals surface area (Å²) in [6, 6.07) is 4.01. The first-order chi connectivity index (χ1) is 11.6. The van der Waals surface area contributed by atoms with E-state index in [0.29, 0.717) is 11.7 Å². The molecule has 0 saturated carbocycles. The smallest absolute Gasteiger partial charge is 0.261 e. The number of carbonyl (C=O) groups is 2. The van der Waals surface area contributed by atoms with E-state index in [-0.39, 0.29) is 17.9 Å². The molecule has 8 heteroatoms. The second-order valence-corrected chi connectivity index (χ2v) is 8.00. The quantitative estimate of drug-likeness (QED) is 0.854. The number of piperidine rings is 1. The topological polar surface area (TPSA) is 74.3 Å². The summed E-state index contributed by atoms with van der Waals surface area (Å²) in [7, 11) is 0. The molecule has 2 aromatic rings. The van der Waals surface area contributed by atoms with E-state index in [2.05, 4.69) is 20.5 Å². The molecule has 0 atom stereocenters. The van der Waals surface area contributed by atoms with Gasteiger partial charge in [-0.15, -0.1) is 22.7 Å². The molecule has 24 heavy (non-hydrogen) atoms. The molecule has 2 aromatic heterocycles. The van der Waals surface area contributed by atoms with Crippen molar-refractivity contribution >= 4 is 39.6 Å². The van der Waals surface area contributed by atoms with Crippen molar-refractivity contribution in [1.29, 1.82) is 0 Å². The second kappa shape index (κ2) is 7.87. The number of hydrogen-bond acceptors (Lipinski definition) is 6. The van der Waals surface area contributed by atoms with E-state index in [4.69, 9.17) is 0 Å². The normalized spacial score (nSPS) is 16.0. The van der Waals surface area contributed by atoms with Crippen molar-refractivity contribution in [2.24, 2.45) is 0 Å². The van der Waals surface area contributed by atoms with Gasteiger partial charge in [0.15, 0.2) is 5.13 Å². The molecule has 0 bridgehead atoms. The number of hydrogen-bond donors (Lipinski definition) is 2. The van der Waals surface area contributed by atoms with Gasteiger partial charge in [0.25, 0.3) is 5.91 Å². The minimum absolute atomic E-state index is 0.00747. The summed E-state index contributed by atoms with van der Waals surface area (Å²) in [5, 5.41) is 8.35. The zero-order chi connectivity index (χ0) is 16.9. The largest absolute Gasteiger partial charge is 0.349 e. The molecule has 0 radical (unpaired) electrons. The highest BCUT2D eigenvalue weighted by Gasteiger charge is 2.23. The molecule has 0 unspecified atom stereocenters. The molecule has 3 heterocycles. The molecule has 0 aliphatic carbocycles. The highest BCUT2D eigenvalue weighted by molar-refractivity contribution is 7.14. The summed E-state index contributed by atoms with van der Waals surface area (Å²) in [6.45, 7) is 3.97. The number of thiazole rings is 1. The van der Waals surface area contributed by atoms with Crippen molar-refractivity contribution < 1.29 is 9.59 Å². The second-order valence-electron chi connectivity index (χ2n) is 5.82. The Morgan fingerprint density at radius 1 is 1.33 bits per heavy atom. The van der Waals surface area contributed by atoms with Crippen molar-refractivity contribution in [3.05, 3.63) is 33.5 Å². The van der Waals surface area contributed by atoms with E-state index in [9.17, 15) is 9.59 Å². The van der Waals surface area contributed by atoms with Crippen molar-refractivity contribution in [2.45, 2.75) is 25.8 Å². The van der Waals surface area contributed by atoms with E-state index >= 15 is 0 Å². The molecular formula is C16H20N4O2S2. The highest BCUT2D eigenvalue weighted by atomic mass is 32.1. The van der Waals surface area contributed by atoms with Crippen LogP contribution in [0.1, 0.15) is 27.4 Å². The Balaban J connectivity index is 1.40. The number of anilines is 1. The van der Waals surface area contributed by atoms with Crippen LogP contribution in [0.25, 0.3) is 0 Å². The molecule has 1 aliphatic rings. The summed E-state index contributed by atoms with van der Waals surface area (Å²) in [5.41, 5.74) is 0. The lowest BCUT2D eigenvalue weighted by atomic mass is 10.0. The maximum Gasteiger partial charge on any atom is 0.261 e. The molecule has 3 rings (SSSR count).